The Bertz CT molecular complexity index is 827. The fraction of sp³-hybridized carbons (Fsp3) is 0.833. The fourth-order valence-corrected chi connectivity index (χ4v) is 9.74. The monoisotopic (exact) mass is 366 g/mol. The zero-order chi connectivity index (χ0) is 18.3. The maximum atomic E-state index is 12.2. The van der Waals surface area contributed by atoms with Crippen LogP contribution in [-0.4, -0.2) is 17.4 Å². The van der Waals surface area contributed by atoms with Crippen LogP contribution in [0.4, 0.5) is 0 Å². The quantitative estimate of drug-likeness (QED) is 0.600. The van der Waals surface area contributed by atoms with Crippen molar-refractivity contribution >= 4 is 11.8 Å². The van der Waals surface area contributed by atoms with E-state index in [-0.39, 0.29) is 22.4 Å². The molecule has 6 fully saturated rings. The van der Waals surface area contributed by atoms with E-state index < -0.39 is 0 Å². The third-order valence-electron chi connectivity index (χ3n) is 10.9. The normalized spacial score (nSPS) is 62.0. The first-order chi connectivity index (χ1) is 12.9. The summed E-state index contributed by atoms with van der Waals surface area (Å²) in [7, 11) is 0. The third kappa shape index (κ3) is 1.58. The predicted molar refractivity (Wildman–Crippen MR) is 99.5 cm³/mol. The van der Waals surface area contributed by atoms with Crippen LogP contribution in [0, 0.1) is 52.3 Å². The van der Waals surface area contributed by atoms with Crippen LogP contribution in [0.25, 0.3) is 0 Å². The van der Waals surface area contributed by atoms with E-state index in [9.17, 15) is 9.59 Å². The molecule has 6 aliphatic carbocycles. The first-order valence-electron chi connectivity index (χ1n) is 11.4. The Morgan fingerprint density at radius 2 is 1.85 bits per heavy atom. The van der Waals surface area contributed by atoms with Gasteiger partial charge in [-0.3, -0.25) is 9.59 Å². The molecule has 7 rings (SSSR count). The van der Waals surface area contributed by atoms with Gasteiger partial charge in [0.25, 0.3) is 0 Å². The van der Waals surface area contributed by atoms with Crippen LogP contribution in [0.2, 0.25) is 0 Å². The fourth-order valence-electron chi connectivity index (χ4n) is 9.74. The molecule has 1 saturated heterocycles. The second kappa shape index (κ2) is 4.39. The van der Waals surface area contributed by atoms with E-state index >= 15 is 0 Å². The van der Waals surface area contributed by atoms with E-state index in [0.29, 0.717) is 24.0 Å². The molecule has 0 N–H and O–H groups in total. The topological polar surface area (TPSA) is 43.4 Å². The Morgan fingerprint density at radius 3 is 2.63 bits per heavy atom. The van der Waals surface area contributed by atoms with Crippen LogP contribution < -0.4 is 0 Å². The van der Waals surface area contributed by atoms with E-state index in [1.54, 1.807) is 0 Å². The molecular weight excluding hydrogens is 336 g/mol. The molecule has 0 aromatic carbocycles. The SMILES string of the molecule is CC12CCC(=O)C=C1C1C[C@@H]1C1C2CCC2(C)C1C1CC1[C@@]21CCC(=O)O1. The molecule has 0 amide bonds. The van der Waals surface area contributed by atoms with Gasteiger partial charge in [-0.2, -0.15) is 0 Å². The van der Waals surface area contributed by atoms with E-state index in [2.05, 4.69) is 19.9 Å². The lowest BCUT2D eigenvalue weighted by Gasteiger charge is -2.60. The summed E-state index contributed by atoms with van der Waals surface area (Å²) in [6.07, 6.45) is 10.6. The van der Waals surface area contributed by atoms with Crippen molar-refractivity contribution in [3.05, 3.63) is 11.6 Å². The zero-order valence-corrected chi connectivity index (χ0v) is 16.5. The molecule has 3 heteroatoms. The number of rotatable bonds is 0. The van der Waals surface area contributed by atoms with Gasteiger partial charge in [-0.25, -0.2) is 0 Å². The Kier molecular flexibility index (Phi) is 2.56. The van der Waals surface area contributed by atoms with E-state index in [1.807, 2.05) is 0 Å². The van der Waals surface area contributed by atoms with Gasteiger partial charge in [0.1, 0.15) is 5.60 Å². The molecule has 1 spiro atoms. The number of ether oxygens (including phenoxy) is 1. The van der Waals surface area contributed by atoms with Crippen molar-refractivity contribution < 1.29 is 14.3 Å². The molecule has 5 saturated carbocycles. The molecule has 1 aliphatic heterocycles. The molecule has 0 radical (unpaired) electrons. The highest BCUT2D eigenvalue weighted by Crippen LogP contribution is 2.82. The largest absolute Gasteiger partial charge is 0.458 e. The van der Waals surface area contributed by atoms with Gasteiger partial charge in [0.05, 0.1) is 0 Å². The van der Waals surface area contributed by atoms with Crippen LogP contribution in [0.1, 0.15) is 65.2 Å². The number of fused-ring (bicyclic) bond motifs is 12. The van der Waals surface area contributed by atoms with Crippen molar-refractivity contribution in [2.24, 2.45) is 52.3 Å². The Balaban J connectivity index is 1.33. The van der Waals surface area contributed by atoms with Crippen molar-refractivity contribution in [3.8, 4) is 0 Å². The number of carbonyl (C=O) groups is 2. The lowest BCUT2D eigenvalue weighted by molar-refractivity contribution is -0.177. The Labute approximate surface area is 161 Å². The first-order valence-corrected chi connectivity index (χ1v) is 11.4. The van der Waals surface area contributed by atoms with Crippen molar-refractivity contribution in [1.82, 2.24) is 0 Å². The van der Waals surface area contributed by atoms with Crippen molar-refractivity contribution in [2.45, 2.75) is 70.8 Å². The summed E-state index contributed by atoms with van der Waals surface area (Å²) in [6, 6.07) is 0. The van der Waals surface area contributed by atoms with Crippen molar-refractivity contribution in [2.75, 3.05) is 0 Å². The van der Waals surface area contributed by atoms with Crippen molar-refractivity contribution in [1.29, 1.82) is 0 Å². The molecule has 10 atom stereocenters. The number of ketones is 1. The summed E-state index contributed by atoms with van der Waals surface area (Å²) in [5.74, 6) is 5.65. The third-order valence-corrected chi connectivity index (χ3v) is 10.9. The summed E-state index contributed by atoms with van der Waals surface area (Å²) >= 11 is 0. The lowest BCUT2D eigenvalue weighted by atomic mass is 9.45. The number of hydrogen-bond acceptors (Lipinski definition) is 3. The summed E-state index contributed by atoms with van der Waals surface area (Å²) in [5.41, 5.74) is 1.85. The highest BCUT2D eigenvalue weighted by Gasteiger charge is 2.81. The number of carbonyl (C=O) groups excluding carboxylic acids is 2. The van der Waals surface area contributed by atoms with Gasteiger partial charge in [0.15, 0.2) is 5.78 Å². The molecule has 0 bridgehead atoms. The van der Waals surface area contributed by atoms with Crippen molar-refractivity contribution in [3.63, 3.8) is 0 Å². The van der Waals surface area contributed by atoms with Crippen LogP contribution in [0.15, 0.2) is 11.6 Å². The average Bonchev–Trinajstić information content (AvgIpc) is 3.53. The van der Waals surface area contributed by atoms with Crippen LogP contribution in [0.3, 0.4) is 0 Å². The van der Waals surface area contributed by atoms with E-state index in [4.69, 9.17) is 4.74 Å². The second-order valence-corrected chi connectivity index (χ2v) is 11.5. The minimum Gasteiger partial charge on any atom is -0.458 e. The molecular formula is C24H30O3. The molecule has 27 heavy (non-hydrogen) atoms. The summed E-state index contributed by atoms with van der Waals surface area (Å²) in [5, 5.41) is 0. The summed E-state index contributed by atoms with van der Waals surface area (Å²) in [6.45, 7) is 4.99. The smallest absolute Gasteiger partial charge is 0.306 e. The number of hydrogen-bond donors (Lipinski definition) is 0. The minimum absolute atomic E-state index is 0.0561. The number of allylic oxidation sites excluding steroid dienone is 1. The molecule has 8 unspecified atom stereocenters. The zero-order valence-electron chi connectivity index (χ0n) is 16.5. The molecule has 7 aliphatic rings. The summed E-state index contributed by atoms with van der Waals surface area (Å²) in [4.78, 5) is 24.3. The number of esters is 1. The molecule has 144 valence electrons. The standard InChI is InChI=1S/C24H30O3/c1-22-6-3-12(25)9-17(22)13-10-14(13)20-16(22)4-7-23(2)21(20)15-11-18(15)24(23)8-5-19(26)27-24/h9,13-16,18,20-21H,3-8,10-11H2,1-2H3/t13?,14-,15?,16?,18?,20?,21?,22?,23?,24-/m0/s1. The highest BCUT2D eigenvalue weighted by molar-refractivity contribution is 5.92. The molecule has 1 heterocycles. The second-order valence-electron chi connectivity index (χ2n) is 11.5. The maximum absolute atomic E-state index is 12.2. The van der Waals surface area contributed by atoms with Gasteiger partial charge in [0, 0.05) is 24.2 Å². The molecule has 0 aromatic rings. The lowest BCUT2D eigenvalue weighted by Crippen LogP contribution is -2.57. The van der Waals surface area contributed by atoms with Crippen LogP contribution >= 0.6 is 0 Å². The Morgan fingerprint density at radius 1 is 1.00 bits per heavy atom. The maximum Gasteiger partial charge on any atom is 0.306 e. The molecule has 3 nitrogen and oxygen atoms in total. The van der Waals surface area contributed by atoms with Gasteiger partial charge in [-0.1, -0.05) is 19.4 Å². The van der Waals surface area contributed by atoms with Gasteiger partial charge < -0.3 is 4.74 Å². The van der Waals surface area contributed by atoms with Gasteiger partial charge in [-0.05, 0) is 85.5 Å². The van der Waals surface area contributed by atoms with Crippen LogP contribution in [0.5, 0.6) is 0 Å². The average molecular weight is 367 g/mol. The van der Waals surface area contributed by atoms with Crippen LogP contribution in [-0.2, 0) is 14.3 Å². The first kappa shape index (κ1) is 15.8. The Hall–Kier alpha value is -1.12. The summed E-state index contributed by atoms with van der Waals surface area (Å²) < 4.78 is 6.22. The predicted octanol–water partition coefficient (Wildman–Crippen LogP) is 4.31. The van der Waals surface area contributed by atoms with Gasteiger partial charge >= 0.3 is 5.97 Å². The van der Waals surface area contributed by atoms with E-state index in [0.717, 1.165) is 48.9 Å². The van der Waals surface area contributed by atoms with Gasteiger partial charge in [-0.15, -0.1) is 0 Å². The van der Waals surface area contributed by atoms with Gasteiger partial charge in [0.2, 0.25) is 0 Å². The van der Waals surface area contributed by atoms with E-state index in [1.165, 1.54) is 31.3 Å². The minimum atomic E-state index is -0.131. The highest BCUT2D eigenvalue weighted by atomic mass is 16.6. The molecule has 0 aromatic heterocycles.